The second kappa shape index (κ2) is 5.52. The molecule has 21 heavy (non-hydrogen) atoms. The summed E-state index contributed by atoms with van der Waals surface area (Å²) in [4.78, 5) is 17.1. The highest BCUT2D eigenvalue weighted by Crippen LogP contribution is 2.34. The summed E-state index contributed by atoms with van der Waals surface area (Å²) in [5, 5.41) is 9.40. The molecule has 1 N–H and O–H groups in total. The number of amides is 1. The predicted octanol–water partition coefficient (Wildman–Crippen LogP) is 0.469. The number of aliphatic hydroxyl groups is 1. The fourth-order valence-corrected chi connectivity index (χ4v) is 4.05. The van der Waals surface area contributed by atoms with Gasteiger partial charge in [-0.05, 0) is 38.0 Å². The van der Waals surface area contributed by atoms with Crippen molar-refractivity contribution in [3.63, 3.8) is 0 Å². The van der Waals surface area contributed by atoms with Crippen molar-refractivity contribution in [2.75, 3.05) is 32.8 Å². The lowest BCUT2D eigenvalue weighted by Gasteiger charge is -2.48. The number of ether oxygens (including phenoxy) is 1. The Labute approximate surface area is 126 Å². The number of hydrogen-bond acceptors (Lipinski definition) is 4. The van der Waals surface area contributed by atoms with Crippen LogP contribution in [0, 0.1) is 11.8 Å². The molecule has 4 rings (SSSR count). The van der Waals surface area contributed by atoms with E-state index in [1.54, 1.807) is 0 Å². The Morgan fingerprint density at radius 1 is 1.19 bits per heavy atom. The average Bonchev–Trinajstić information content (AvgIpc) is 3.27. The van der Waals surface area contributed by atoms with Crippen molar-refractivity contribution >= 4 is 5.91 Å². The minimum Gasteiger partial charge on any atom is -0.393 e. The van der Waals surface area contributed by atoms with E-state index in [9.17, 15) is 9.90 Å². The molecule has 0 radical (unpaired) electrons. The van der Waals surface area contributed by atoms with Crippen molar-refractivity contribution in [1.82, 2.24) is 9.80 Å². The maximum absolute atomic E-state index is 12.5. The Balaban J connectivity index is 1.39. The molecule has 4 fully saturated rings. The van der Waals surface area contributed by atoms with Crippen LogP contribution in [0.5, 0.6) is 0 Å². The van der Waals surface area contributed by atoms with Gasteiger partial charge in [-0.3, -0.25) is 9.69 Å². The number of aliphatic hydroxyl groups excluding tert-OH is 1. The van der Waals surface area contributed by atoms with Crippen LogP contribution < -0.4 is 0 Å². The van der Waals surface area contributed by atoms with Crippen LogP contribution in [0.1, 0.15) is 32.1 Å². The van der Waals surface area contributed by atoms with Crippen molar-refractivity contribution in [2.45, 2.75) is 50.4 Å². The van der Waals surface area contributed by atoms with E-state index in [0.29, 0.717) is 25.0 Å². The average molecular weight is 294 g/mol. The topological polar surface area (TPSA) is 53.0 Å². The number of carbonyl (C=O) groups is 1. The normalized spacial score (nSPS) is 40.5. The summed E-state index contributed by atoms with van der Waals surface area (Å²) in [6, 6.07) is 0.391. The van der Waals surface area contributed by atoms with Crippen LogP contribution in [0.25, 0.3) is 0 Å². The second-order valence-corrected chi connectivity index (χ2v) is 7.31. The number of nitrogens with zero attached hydrogens (tertiary/aromatic N) is 2. The molecule has 0 bridgehead atoms. The maximum atomic E-state index is 12.5. The number of fused-ring (bicyclic) bond motifs is 1. The van der Waals surface area contributed by atoms with E-state index in [4.69, 9.17) is 4.74 Å². The summed E-state index contributed by atoms with van der Waals surface area (Å²) < 4.78 is 5.94. The smallest absolute Gasteiger partial charge is 0.225 e. The van der Waals surface area contributed by atoms with E-state index in [1.807, 2.05) is 4.90 Å². The molecular weight excluding hydrogens is 268 g/mol. The van der Waals surface area contributed by atoms with Crippen molar-refractivity contribution in [3.05, 3.63) is 0 Å². The maximum Gasteiger partial charge on any atom is 0.225 e. The zero-order chi connectivity index (χ0) is 14.4. The highest BCUT2D eigenvalue weighted by atomic mass is 16.5. The first kappa shape index (κ1) is 14.0. The molecular formula is C16H26N2O3. The number of rotatable bonds is 3. The first-order valence-corrected chi connectivity index (χ1v) is 8.53. The Morgan fingerprint density at radius 2 is 2.00 bits per heavy atom. The Morgan fingerprint density at radius 3 is 2.71 bits per heavy atom. The zero-order valence-corrected chi connectivity index (χ0v) is 12.6. The number of piperidine rings is 1. The third kappa shape index (κ3) is 2.83. The van der Waals surface area contributed by atoms with Gasteiger partial charge in [0.1, 0.15) is 0 Å². The number of morpholine rings is 1. The van der Waals surface area contributed by atoms with Crippen LogP contribution in [0.3, 0.4) is 0 Å². The number of hydrogen-bond donors (Lipinski definition) is 1. The summed E-state index contributed by atoms with van der Waals surface area (Å²) in [6.07, 6.45) is 5.09. The first-order valence-electron chi connectivity index (χ1n) is 8.53. The zero-order valence-electron chi connectivity index (χ0n) is 12.6. The van der Waals surface area contributed by atoms with Crippen LogP contribution in [0.15, 0.2) is 0 Å². The Kier molecular flexibility index (Phi) is 3.67. The lowest BCUT2D eigenvalue weighted by molar-refractivity contribution is -0.152. The van der Waals surface area contributed by atoms with E-state index in [2.05, 4.69) is 4.90 Å². The minimum absolute atomic E-state index is 0.0675. The summed E-state index contributed by atoms with van der Waals surface area (Å²) in [5.74, 6) is 1.21. The molecule has 1 amide bonds. The number of likely N-dealkylation sites (tertiary alicyclic amines) is 1. The van der Waals surface area contributed by atoms with E-state index in [1.165, 1.54) is 19.4 Å². The molecule has 2 heterocycles. The lowest BCUT2D eigenvalue weighted by atomic mass is 9.81. The second-order valence-electron chi connectivity index (χ2n) is 7.31. The van der Waals surface area contributed by atoms with Gasteiger partial charge in [-0.15, -0.1) is 0 Å². The summed E-state index contributed by atoms with van der Waals surface area (Å²) in [5.41, 5.74) is 0. The van der Waals surface area contributed by atoms with E-state index < -0.39 is 0 Å². The summed E-state index contributed by atoms with van der Waals surface area (Å²) >= 11 is 0. The van der Waals surface area contributed by atoms with Crippen LogP contribution in [0.2, 0.25) is 0 Å². The van der Waals surface area contributed by atoms with Gasteiger partial charge in [-0.2, -0.15) is 0 Å². The SMILES string of the molecule is O=C(C1CC(O)C1)N1CC[C@@H]2OCCN(CC3CC3)[C@H]2C1. The van der Waals surface area contributed by atoms with Crippen molar-refractivity contribution in [1.29, 1.82) is 0 Å². The summed E-state index contributed by atoms with van der Waals surface area (Å²) in [7, 11) is 0. The Bertz CT molecular complexity index is 406. The van der Waals surface area contributed by atoms with Crippen LogP contribution >= 0.6 is 0 Å². The van der Waals surface area contributed by atoms with Gasteiger partial charge in [0, 0.05) is 32.1 Å². The Hall–Kier alpha value is -0.650. The van der Waals surface area contributed by atoms with Crippen LogP contribution in [0.4, 0.5) is 0 Å². The van der Waals surface area contributed by atoms with Crippen molar-refractivity contribution in [3.8, 4) is 0 Å². The molecule has 5 nitrogen and oxygen atoms in total. The molecule has 2 saturated heterocycles. The standard InChI is InChI=1S/C16H26N2O3/c19-13-7-12(8-13)16(20)18-4-3-15-14(10-18)17(5-6-21-15)9-11-1-2-11/h11-15,19H,1-10H2/t12?,13?,14-,15-/m0/s1. The third-order valence-corrected chi connectivity index (χ3v) is 5.66. The molecule has 0 unspecified atom stereocenters. The molecule has 0 aromatic rings. The van der Waals surface area contributed by atoms with Gasteiger partial charge >= 0.3 is 0 Å². The fraction of sp³-hybridized carbons (Fsp3) is 0.938. The fourth-order valence-electron chi connectivity index (χ4n) is 4.05. The monoisotopic (exact) mass is 294 g/mol. The highest BCUT2D eigenvalue weighted by Gasteiger charge is 2.43. The summed E-state index contributed by atoms with van der Waals surface area (Å²) in [6.45, 7) is 4.69. The molecule has 0 aromatic heterocycles. The lowest BCUT2D eigenvalue weighted by Crippen LogP contribution is -2.62. The molecule has 2 saturated carbocycles. The van der Waals surface area contributed by atoms with Gasteiger partial charge < -0.3 is 14.7 Å². The van der Waals surface area contributed by atoms with Crippen LogP contribution in [-0.4, -0.2) is 71.8 Å². The molecule has 5 heteroatoms. The van der Waals surface area contributed by atoms with Gasteiger partial charge in [0.05, 0.1) is 24.9 Å². The highest BCUT2D eigenvalue weighted by molar-refractivity contribution is 5.80. The van der Waals surface area contributed by atoms with Crippen molar-refractivity contribution < 1.29 is 14.6 Å². The van der Waals surface area contributed by atoms with E-state index in [-0.39, 0.29) is 17.9 Å². The van der Waals surface area contributed by atoms with Gasteiger partial charge in [-0.25, -0.2) is 0 Å². The van der Waals surface area contributed by atoms with E-state index in [0.717, 1.165) is 38.6 Å². The molecule has 2 aliphatic carbocycles. The molecule has 2 atom stereocenters. The molecule has 4 aliphatic rings. The molecule has 118 valence electrons. The van der Waals surface area contributed by atoms with Gasteiger partial charge in [0.25, 0.3) is 0 Å². The minimum atomic E-state index is -0.249. The third-order valence-electron chi connectivity index (χ3n) is 5.66. The van der Waals surface area contributed by atoms with E-state index >= 15 is 0 Å². The largest absolute Gasteiger partial charge is 0.393 e. The predicted molar refractivity (Wildman–Crippen MR) is 77.8 cm³/mol. The number of carbonyl (C=O) groups excluding carboxylic acids is 1. The molecule has 0 spiro atoms. The van der Waals surface area contributed by atoms with Crippen LogP contribution in [-0.2, 0) is 9.53 Å². The van der Waals surface area contributed by atoms with Gasteiger partial charge in [0.2, 0.25) is 5.91 Å². The van der Waals surface area contributed by atoms with Gasteiger partial charge in [0.15, 0.2) is 0 Å². The first-order chi connectivity index (χ1) is 10.2. The van der Waals surface area contributed by atoms with Crippen molar-refractivity contribution in [2.24, 2.45) is 11.8 Å². The quantitative estimate of drug-likeness (QED) is 0.822. The molecule has 0 aromatic carbocycles. The van der Waals surface area contributed by atoms with Gasteiger partial charge in [-0.1, -0.05) is 0 Å². The molecule has 2 aliphatic heterocycles.